The topological polar surface area (TPSA) is 98.1 Å². The van der Waals surface area contributed by atoms with Crippen LogP contribution in [0.3, 0.4) is 0 Å². The number of fused-ring (bicyclic) bond motifs is 2. The highest BCUT2D eigenvalue weighted by atomic mass is 16.5. The fourth-order valence-corrected chi connectivity index (χ4v) is 6.71. The van der Waals surface area contributed by atoms with Gasteiger partial charge in [-0.25, -0.2) is 0 Å². The molecule has 0 unspecified atom stereocenters. The van der Waals surface area contributed by atoms with Gasteiger partial charge in [0.05, 0.1) is 50.0 Å². The zero-order chi connectivity index (χ0) is 31.7. The lowest BCUT2D eigenvalue weighted by atomic mass is 9.99. The highest BCUT2D eigenvalue weighted by Gasteiger charge is 2.36. The first-order valence-corrected chi connectivity index (χ1v) is 15.8. The van der Waals surface area contributed by atoms with Crippen molar-refractivity contribution in [3.63, 3.8) is 0 Å². The van der Waals surface area contributed by atoms with Crippen molar-refractivity contribution in [3.05, 3.63) is 65.9 Å². The number of likely N-dealkylation sites (N-methyl/N-ethyl adjacent to an activating group) is 1. The summed E-state index contributed by atoms with van der Waals surface area (Å²) in [4.78, 5) is 31.3. The average molecular weight is 610 g/mol. The van der Waals surface area contributed by atoms with Crippen molar-refractivity contribution in [3.8, 4) is 12.1 Å². The van der Waals surface area contributed by atoms with Crippen LogP contribution in [0.1, 0.15) is 37.1 Å². The van der Waals surface area contributed by atoms with E-state index in [4.69, 9.17) is 19.4 Å². The number of piperazine rings is 1. The number of hydrogen-bond acceptors (Lipinski definition) is 9. The summed E-state index contributed by atoms with van der Waals surface area (Å²) in [6.45, 7) is 15.1. The van der Waals surface area contributed by atoms with E-state index in [1.807, 2.05) is 0 Å². The van der Waals surface area contributed by atoms with Crippen molar-refractivity contribution >= 4 is 28.2 Å². The number of nitriles is 1. The van der Waals surface area contributed by atoms with Crippen molar-refractivity contribution in [2.75, 3.05) is 62.8 Å². The van der Waals surface area contributed by atoms with Crippen LogP contribution < -0.4 is 14.5 Å². The van der Waals surface area contributed by atoms with E-state index in [1.165, 1.54) is 28.1 Å². The summed E-state index contributed by atoms with van der Waals surface area (Å²) in [5.74, 6) is 0.698. The minimum Gasteiger partial charge on any atom is -0.461 e. The van der Waals surface area contributed by atoms with Gasteiger partial charge >= 0.3 is 6.01 Å². The lowest BCUT2D eigenvalue weighted by molar-refractivity contribution is -0.128. The SMILES string of the molecule is C=CC(=O)N1CCN(c2nc(OCC(C)(C)N(C)C3COC3)nc3c2CCN(c2cccc4cccc(C)c24)C3)C[C@@H]1CC#N. The number of anilines is 2. The first-order chi connectivity index (χ1) is 21.7. The van der Waals surface area contributed by atoms with E-state index in [-0.39, 0.29) is 23.9 Å². The molecule has 10 nitrogen and oxygen atoms in total. The molecule has 0 radical (unpaired) electrons. The Labute approximate surface area is 265 Å². The van der Waals surface area contributed by atoms with Crippen LogP contribution in [0, 0.1) is 18.3 Å². The Morgan fingerprint density at radius 1 is 1.18 bits per heavy atom. The van der Waals surface area contributed by atoms with Gasteiger partial charge in [-0.3, -0.25) is 9.69 Å². The Kier molecular flexibility index (Phi) is 8.67. The lowest BCUT2D eigenvalue weighted by Crippen LogP contribution is -2.57. The van der Waals surface area contributed by atoms with E-state index >= 15 is 0 Å². The molecule has 1 amide bonds. The van der Waals surface area contributed by atoms with Crippen molar-refractivity contribution in [2.24, 2.45) is 0 Å². The Balaban J connectivity index is 1.34. The second-order valence-electron chi connectivity index (χ2n) is 13.0. The van der Waals surface area contributed by atoms with Crippen molar-refractivity contribution in [2.45, 2.75) is 57.8 Å². The van der Waals surface area contributed by atoms with Crippen LogP contribution in [0.5, 0.6) is 6.01 Å². The molecule has 0 aliphatic carbocycles. The number of nitrogens with zero attached hydrogens (tertiary/aromatic N) is 7. The third kappa shape index (κ3) is 6.07. The molecule has 236 valence electrons. The molecular formula is C35H43N7O3. The predicted octanol–water partition coefficient (Wildman–Crippen LogP) is 4.11. The Morgan fingerprint density at radius 2 is 1.96 bits per heavy atom. The van der Waals surface area contributed by atoms with E-state index in [2.05, 4.69) is 91.6 Å². The molecular weight excluding hydrogens is 566 g/mol. The molecule has 1 atom stereocenters. The van der Waals surface area contributed by atoms with E-state index in [9.17, 15) is 10.1 Å². The van der Waals surface area contributed by atoms with Crippen LogP contribution in [0.15, 0.2) is 49.1 Å². The zero-order valence-corrected chi connectivity index (χ0v) is 26.8. The number of hydrogen-bond donors (Lipinski definition) is 0. The first kappa shape index (κ1) is 30.8. The second-order valence-corrected chi connectivity index (χ2v) is 13.0. The fraction of sp³-hybridized carbons (Fsp3) is 0.486. The van der Waals surface area contributed by atoms with Crippen LogP contribution in [-0.2, 0) is 22.5 Å². The highest BCUT2D eigenvalue weighted by molar-refractivity contribution is 5.97. The largest absolute Gasteiger partial charge is 0.461 e. The number of rotatable bonds is 9. The number of benzene rings is 2. The van der Waals surface area contributed by atoms with Crippen LogP contribution in [0.25, 0.3) is 10.8 Å². The predicted molar refractivity (Wildman–Crippen MR) is 176 cm³/mol. The Bertz CT molecular complexity index is 1620. The number of aryl methyl sites for hydroxylation is 1. The summed E-state index contributed by atoms with van der Waals surface area (Å²) >= 11 is 0. The summed E-state index contributed by atoms with van der Waals surface area (Å²) in [7, 11) is 2.11. The molecule has 0 spiro atoms. The molecule has 0 bridgehead atoms. The molecule has 3 aromatic rings. The summed E-state index contributed by atoms with van der Waals surface area (Å²) in [5.41, 5.74) is 4.26. The molecule has 1 aromatic heterocycles. The smallest absolute Gasteiger partial charge is 0.318 e. The van der Waals surface area contributed by atoms with Gasteiger partial charge in [0.15, 0.2) is 0 Å². The molecule has 3 aliphatic heterocycles. The molecule has 45 heavy (non-hydrogen) atoms. The van der Waals surface area contributed by atoms with Gasteiger partial charge in [0.25, 0.3) is 0 Å². The number of carbonyl (C=O) groups excluding carboxylic acids is 1. The van der Waals surface area contributed by atoms with Crippen LogP contribution in [0.2, 0.25) is 0 Å². The minimum atomic E-state index is -0.255. The molecule has 10 heteroatoms. The van der Waals surface area contributed by atoms with E-state index < -0.39 is 0 Å². The molecule has 3 aliphatic rings. The molecule has 0 saturated carbocycles. The third-order valence-corrected chi connectivity index (χ3v) is 9.70. The van der Waals surface area contributed by atoms with Crippen LogP contribution in [0.4, 0.5) is 11.5 Å². The molecule has 4 heterocycles. The lowest BCUT2D eigenvalue weighted by Gasteiger charge is -2.44. The number of aromatic nitrogens is 2. The van der Waals surface area contributed by atoms with E-state index in [0.29, 0.717) is 44.8 Å². The van der Waals surface area contributed by atoms with Gasteiger partial charge in [0, 0.05) is 48.4 Å². The van der Waals surface area contributed by atoms with Crippen molar-refractivity contribution in [1.29, 1.82) is 5.26 Å². The maximum absolute atomic E-state index is 12.6. The highest BCUT2D eigenvalue weighted by Crippen LogP contribution is 2.36. The zero-order valence-electron chi connectivity index (χ0n) is 26.8. The Hall–Kier alpha value is -4.20. The molecule has 2 saturated heterocycles. The van der Waals surface area contributed by atoms with Crippen LogP contribution in [-0.4, -0.2) is 96.3 Å². The first-order valence-electron chi connectivity index (χ1n) is 15.8. The van der Waals surface area contributed by atoms with Crippen molar-refractivity contribution in [1.82, 2.24) is 19.8 Å². The van der Waals surface area contributed by atoms with Crippen molar-refractivity contribution < 1.29 is 14.3 Å². The Morgan fingerprint density at radius 3 is 2.67 bits per heavy atom. The fourth-order valence-electron chi connectivity index (χ4n) is 6.71. The normalized spacial score (nSPS) is 18.8. The molecule has 2 fully saturated rings. The average Bonchev–Trinajstić information content (AvgIpc) is 3.02. The van der Waals surface area contributed by atoms with Gasteiger partial charge in [0.2, 0.25) is 5.91 Å². The van der Waals surface area contributed by atoms with Gasteiger partial charge in [0.1, 0.15) is 12.4 Å². The summed E-state index contributed by atoms with van der Waals surface area (Å²) < 4.78 is 11.8. The second kappa shape index (κ2) is 12.7. The van der Waals surface area contributed by atoms with E-state index in [0.717, 1.165) is 43.3 Å². The molecule has 2 aromatic carbocycles. The quantitative estimate of drug-likeness (QED) is 0.332. The van der Waals surface area contributed by atoms with Crippen LogP contribution >= 0.6 is 0 Å². The maximum Gasteiger partial charge on any atom is 0.318 e. The monoisotopic (exact) mass is 609 g/mol. The molecule has 6 rings (SSSR count). The molecule has 0 N–H and O–H groups in total. The maximum atomic E-state index is 12.6. The number of ether oxygens (including phenoxy) is 2. The minimum absolute atomic E-state index is 0.145. The number of carbonyl (C=O) groups is 1. The number of amides is 1. The summed E-state index contributed by atoms with van der Waals surface area (Å²) in [6, 6.07) is 15.7. The van der Waals surface area contributed by atoms with Gasteiger partial charge in [-0.1, -0.05) is 36.9 Å². The van der Waals surface area contributed by atoms with Gasteiger partial charge in [-0.2, -0.15) is 15.2 Å². The summed E-state index contributed by atoms with van der Waals surface area (Å²) in [5, 5.41) is 12.1. The van der Waals surface area contributed by atoms with Gasteiger partial charge < -0.3 is 24.2 Å². The standard InChI is InChI=1S/C35H43N7O3/c1-6-31(43)42-18-17-41(19-26(42)13-15-36)33-28-14-16-40(30-12-8-11-25-10-7-9-24(2)32(25)30)20-29(28)37-34(38-33)45-23-35(3,4)39(5)27-21-44-22-27/h6-12,26-27H,1,13-14,16-23H2,2-5H3/t26-/m0/s1. The van der Waals surface area contributed by atoms with Gasteiger partial charge in [-0.15, -0.1) is 0 Å². The third-order valence-electron chi connectivity index (χ3n) is 9.70. The summed E-state index contributed by atoms with van der Waals surface area (Å²) in [6.07, 6.45) is 2.35. The van der Waals surface area contributed by atoms with Gasteiger partial charge in [-0.05, 0) is 57.3 Å². The van der Waals surface area contributed by atoms with E-state index in [1.54, 1.807) is 4.90 Å².